The molecule has 0 fully saturated rings. The number of nitrogens with one attached hydrogen (secondary N) is 2. The highest BCUT2D eigenvalue weighted by Gasteiger charge is 2.22. The lowest BCUT2D eigenvalue weighted by Crippen LogP contribution is -2.44. The summed E-state index contributed by atoms with van der Waals surface area (Å²) >= 11 is 6.33. The zero-order chi connectivity index (χ0) is 17.5. The van der Waals surface area contributed by atoms with Crippen molar-refractivity contribution in [1.82, 2.24) is 10.6 Å². The summed E-state index contributed by atoms with van der Waals surface area (Å²) in [5.41, 5.74) is 1.55. The van der Waals surface area contributed by atoms with Crippen LogP contribution in [0.25, 0.3) is 0 Å². The van der Waals surface area contributed by atoms with E-state index in [1.807, 2.05) is 42.5 Å². The SMILES string of the molecule is COc1ccccc1C(NC(=O)N[C@@H](C)CO)c1ccccc1Cl. The lowest BCUT2D eigenvalue weighted by Gasteiger charge is -2.24. The summed E-state index contributed by atoms with van der Waals surface area (Å²) in [5.74, 6) is 0.651. The third kappa shape index (κ3) is 4.40. The van der Waals surface area contributed by atoms with Gasteiger partial charge in [0, 0.05) is 10.6 Å². The number of carbonyl (C=O) groups is 1. The number of hydrogen-bond acceptors (Lipinski definition) is 3. The summed E-state index contributed by atoms with van der Waals surface area (Å²) in [6.45, 7) is 1.58. The van der Waals surface area contributed by atoms with Crippen molar-refractivity contribution in [2.45, 2.75) is 19.0 Å². The molecule has 2 aromatic carbocycles. The number of benzene rings is 2. The highest BCUT2D eigenvalue weighted by Crippen LogP contribution is 2.33. The zero-order valence-electron chi connectivity index (χ0n) is 13.6. The number of urea groups is 1. The van der Waals surface area contributed by atoms with Crippen LogP contribution in [0.1, 0.15) is 24.1 Å². The number of ether oxygens (including phenoxy) is 1. The lowest BCUT2D eigenvalue weighted by molar-refractivity contribution is 0.218. The molecule has 2 atom stereocenters. The Hall–Kier alpha value is -2.24. The molecule has 2 aromatic rings. The van der Waals surface area contributed by atoms with Crippen LogP contribution in [0.2, 0.25) is 5.02 Å². The van der Waals surface area contributed by atoms with Crippen LogP contribution in [-0.4, -0.2) is 30.9 Å². The van der Waals surface area contributed by atoms with Gasteiger partial charge in [0.1, 0.15) is 5.75 Å². The van der Waals surface area contributed by atoms with E-state index in [9.17, 15) is 4.79 Å². The number of halogens is 1. The molecule has 6 heteroatoms. The Bertz CT molecular complexity index is 693. The van der Waals surface area contributed by atoms with E-state index in [1.54, 1.807) is 20.1 Å². The third-order valence-corrected chi connectivity index (χ3v) is 3.94. The van der Waals surface area contributed by atoms with Gasteiger partial charge in [0.25, 0.3) is 0 Å². The van der Waals surface area contributed by atoms with Crippen molar-refractivity contribution in [3.63, 3.8) is 0 Å². The van der Waals surface area contributed by atoms with E-state index in [4.69, 9.17) is 21.4 Å². The first-order chi connectivity index (χ1) is 11.6. The van der Waals surface area contributed by atoms with Crippen molar-refractivity contribution in [3.05, 3.63) is 64.7 Å². The molecule has 1 unspecified atom stereocenters. The number of aliphatic hydroxyl groups excluding tert-OH is 1. The molecular formula is C18H21ClN2O3. The molecule has 0 aliphatic heterocycles. The fourth-order valence-corrected chi connectivity index (χ4v) is 2.62. The minimum absolute atomic E-state index is 0.140. The van der Waals surface area contributed by atoms with Crippen LogP contribution in [-0.2, 0) is 0 Å². The maximum Gasteiger partial charge on any atom is 0.315 e. The molecule has 128 valence electrons. The molecular weight excluding hydrogens is 328 g/mol. The number of amides is 2. The van der Waals surface area contributed by atoms with Gasteiger partial charge < -0.3 is 20.5 Å². The molecule has 0 spiro atoms. The van der Waals surface area contributed by atoms with Gasteiger partial charge in [-0.2, -0.15) is 0 Å². The third-order valence-electron chi connectivity index (χ3n) is 3.59. The maximum atomic E-state index is 12.3. The maximum absolute atomic E-state index is 12.3. The van der Waals surface area contributed by atoms with E-state index in [2.05, 4.69) is 10.6 Å². The van der Waals surface area contributed by atoms with Gasteiger partial charge in [0.05, 0.1) is 25.8 Å². The Morgan fingerprint density at radius 1 is 1.12 bits per heavy atom. The molecule has 2 amide bonds. The van der Waals surface area contributed by atoms with Gasteiger partial charge in [-0.25, -0.2) is 4.79 Å². The monoisotopic (exact) mass is 348 g/mol. The van der Waals surface area contributed by atoms with E-state index in [1.165, 1.54) is 0 Å². The van der Waals surface area contributed by atoms with Crippen molar-refractivity contribution in [1.29, 1.82) is 0 Å². The van der Waals surface area contributed by atoms with Crippen molar-refractivity contribution in [2.75, 3.05) is 13.7 Å². The normalized spacial score (nSPS) is 13.0. The number of carbonyl (C=O) groups excluding carboxylic acids is 1. The summed E-state index contributed by atoms with van der Waals surface area (Å²) in [6, 6.07) is 13.5. The smallest absolute Gasteiger partial charge is 0.315 e. The minimum atomic E-state index is -0.485. The first-order valence-corrected chi connectivity index (χ1v) is 7.99. The zero-order valence-corrected chi connectivity index (χ0v) is 14.4. The Kier molecular flexibility index (Phi) is 6.46. The second-order valence-electron chi connectivity index (χ2n) is 5.40. The minimum Gasteiger partial charge on any atom is -0.496 e. The largest absolute Gasteiger partial charge is 0.496 e. The quantitative estimate of drug-likeness (QED) is 0.751. The van der Waals surface area contributed by atoms with Crippen LogP contribution >= 0.6 is 11.6 Å². The van der Waals surface area contributed by atoms with Gasteiger partial charge in [0.2, 0.25) is 0 Å². The fourth-order valence-electron chi connectivity index (χ4n) is 2.38. The van der Waals surface area contributed by atoms with Crippen LogP contribution in [0.4, 0.5) is 4.79 Å². The van der Waals surface area contributed by atoms with Gasteiger partial charge >= 0.3 is 6.03 Å². The lowest BCUT2D eigenvalue weighted by atomic mass is 9.97. The molecule has 0 saturated heterocycles. The van der Waals surface area contributed by atoms with Crippen molar-refractivity contribution < 1.29 is 14.6 Å². The molecule has 0 aliphatic rings. The second-order valence-corrected chi connectivity index (χ2v) is 5.81. The average Bonchev–Trinajstić information content (AvgIpc) is 2.60. The average molecular weight is 349 g/mol. The van der Waals surface area contributed by atoms with Crippen LogP contribution in [0.15, 0.2) is 48.5 Å². The van der Waals surface area contributed by atoms with E-state index < -0.39 is 12.1 Å². The first-order valence-electron chi connectivity index (χ1n) is 7.62. The summed E-state index contributed by atoms with van der Waals surface area (Å²) in [4.78, 5) is 12.3. The number of rotatable bonds is 6. The highest BCUT2D eigenvalue weighted by molar-refractivity contribution is 6.31. The fraction of sp³-hybridized carbons (Fsp3) is 0.278. The van der Waals surface area contributed by atoms with E-state index >= 15 is 0 Å². The van der Waals surface area contributed by atoms with Crippen LogP contribution < -0.4 is 15.4 Å². The molecule has 24 heavy (non-hydrogen) atoms. The number of methoxy groups -OCH3 is 1. The molecule has 0 aliphatic carbocycles. The van der Waals surface area contributed by atoms with Gasteiger partial charge in [-0.3, -0.25) is 0 Å². The molecule has 0 radical (unpaired) electrons. The molecule has 0 heterocycles. The van der Waals surface area contributed by atoms with Crippen LogP contribution in [0, 0.1) is 0 Å². The topological polar surface area (TPSA) is 70.6 Å². The highest BCUT2D eigenvalue weighted by atomic mass is 35.5. The summed E-state index contributed by atoms with van der Waals surface area (Å²) in [7, 11) is 1.58. The Morgan fingerprint density at radius 3 is 2.38 bits per heavy atom. The Labute approximate surface area is 146 Å². The van der Waals surface area contributed by atoms with E-state index in [-0.39, 0.29) is 12.6 Å². The van der Waals surface area contributed by atoms with E-state index in [0.717, 1.165) is 11.1 Å². The Morgan fingerprint density at radius 2 is 1.75 bits per heavy atom. The van der Waals surface area contributed by atoms with E-state index in [0.29, 0.717) is 10.8 Å². The van der Waals surface area contributed by atoms with Crippen molar-refractivity contribution >= 4 is 17.6 Å². The molecule has 0 saturated carbocycles. The van der Waals surface area contributed by atoms with Crippen molar-refractivity contribution in [3.8, 4) is 5.75 Å². The van der Waals surface area contributed by atoms with Crippen molar-refractivity contribution in [2.24, 2.45) is 0 Å². The number of aliphatic hydroxyl groups is 1. The summed E-state index contributed by atoms with van der Waals surface area (Å²) < 4.78 is 5.42. The molecule has 5 nitrogen and oxygen atoms in total. The van der Waals surface area contributed by atoms with Crippen LogP contribution in [0.5, 0.6) is 5.75 Å². The predicted molar refractivity (Wildman–Crippen MR) is 94.5 cm³/mol. The van der Waals surface area contributed by atoms with Crippen LogP contribution in [0.3, 0.4) is 0 Å². The Balaban J connectivity index is 2.39. The summed E-state index contributed by atoms with van der Waals surface area (Å²) in [5, 5.41) is 15.2. The molecule has 0 aromatic heterocycles. The van der Waals surface area contributed by atoms with Gasteiger partial charge in [-0.1, -0.05) is 48.0 Å². The standard InChI is InChI=1S/C18H21ClN2O3/c1-12(11-22)20-18(23)21-17(13-7-3-5-9-15(13)19)14-8-4-6-10-16(14)24-2/h3-10,12,17,22H,11H2,1-2H3,(H2,20,21,23)/t12-,17?/m0/s1. The summed E-state index contributed by atoms with van der Waals surface area (Å²) in [6.07, 6.45) is 0. The molecule has 0 bridgehead atoms. The molecule has 3 N–H and O–H groups in total. The van der Waals surface area contributed by atoms with Gasteiger partial charge in [0.15, 0.2) is 0 Å². The number of hydrogen-bond donors (Lipinski definition) is 3. The van der Waals surface area contributed by atoms with Gasteiger partial charge in [-0.05, 0) is 24.6 Å². The van der Waals surface area contributed by atoms with Gasteiger partial charge in [-0.15, -0.1) is 0 Å². The predicted octanol–water partition coefficient (Wildman–Crippen LogP) is 3.12. The second kappa shape index (κ2) is 8.57. The first kappa shape index (κ1) is 18.1. The molecule has 2 rings (SSSR count). The number of para-hydroxylation sites is 1.